The van der Waals surface area contributed by atoms with E-state index in [4.69, 9.17) is 4.65 Å². The Morgan fingerprint density at radius 3 is 2.53 bits per heavy atom. The highest BCUT2D eigenvalue weighted by Gasteiger charge is 2.01. The lowest BCUT2D eigenvalue weighted by Crippen LogP contribution is -2.23. The maximum atomic E-state index is 5.69. The zero-order valence-corrected chi connectivity index (χ0v) is 11.1. The minimum Gasteiger partial charge on any atom is -0.433 e. The minimum absolute atomic E-state index is 0.655. The summed E-state index contributed by atoms with van der Waals surface area (Å²) in [7, 11) is 0.655. The molecular formula is C16H19BNO. The minimum atomic E-state index is 0.655. The van der Waals surface area contributed by atoms with Crippen molar-refractivity contribution in [2.75, 3.05) is 18.5 Å². The highest BCUT2D eigenvalue weighted by molar-refractivity contribution is 6.47. The number of anilines is 1. The molecule has 2 aromatic carbocycles. The van der Waals surface area contributed by atoms with Gasteiger partial charge in [-0.3, -0.25) is 0 Å². The van der Waals surface area contributed by atoms with E-state index in [1.54, 1.807) is 0 Å². The third-order valence-electron chi connectivity index (χ3n) is 2.99. The average molecular weight is 252 g/mol. The van der Waals surface area contributed by atoms with Crippen molar-refractivity contribution in [3.63, 3.8) is 0 Å². The van der Waals surface area contributed by atoms with Crippen LogP contribution in [0.3, 0.4) is 0 Å². The van der Waals surface area contributed by atoms with E-state index in [1.807, 2.05) is 30.3 Å². The predicted octanol–water partition coefficient (Wildman–Crippen LogP) is 2.17. The summed E-state index contributed by atoms with van der Waals surface area (Å²) in [5.41, 5.74) is 3.62. The van der Waals surface area contributed by atoms with Gasteiger partial charge in [-0.15, -0.1) is 0 Å². The monoisotopic (exact) mass is 252 g/mol. The Balaban J connectivity index is 1.69. The Morgan fingerprint density at radius 2 is 1.74 bits per heavy atom. The molecule has 0 fully saturated rings. The van der Waals surface area contributed by atoms with Gasteiger partial charge in [-0.2, -0.15) is 0 Å². The highest BCUT2D eigenvalue weighted by Crippen LogP contribution is 2.03. The summed E-state index contributed by atoms with van der Waals surface area (Å²) < 4.78 is 5.69. The molecule has 0 atom stereocenters. The molecule has 0 bridgehead atoms. The number of hydrogen-bond donors (Lipinski definition) is 1. The van der Waals surface area contributed by atoms with Gasteiger partial charge in [-0.25, -0.2) is 0 Å². The Kier molecular flexibility index (Phi) is 5.51. The van der Waals surface area contributed by atoms with Gasteiger partial charge in [0.15, 0.2) is 0 Å². The predicted molar refractivity (Wildman–Crippen MR) is 83.2 cm³/mol. The van der Waals surface area contributed by atoms with Crippen molar-refractivity contribution in [3.8, 4) is 0 Å². The second-order valence-electron chi connectivity index (χ2n) is 4.36. The van der Waals surface area contributed by atoms with Crippen LogP contribution in [0.5, 0.6) is 0 Å². The number of para-hydroxylation sites is 1. The van der Waals surface area contributed by atoms with Gasteiger partial charge in [0.2, 0.25) is 0 Å². The van der Waals surface area contributed by atoms with Crippen LogP contribution in [0.15, 0.2) is 54.6 Å². The molecule has 2 rings (SSSR count). The summed E-state index contributed by atoms with van der Waals surface area (Å²) in [4.78, 5) is 0. The average Bonchev–Trinajstić information content (AvgIpc) is 2.48. The number of hydrogen-bond acceptors (Lipinski definition) is 2. The van der Waals surface area contributed by atoms with Crippen molar-refractivity contribution < 1.29 is 4.65 Å². The molecule has 0 saturated heterocycles. The molecule has 0 aliphatic carbocycles. The van der Waals surface area contributed by atoms with Crippen LogP contribution < -0.4 is 10.8 Å². The van der Waals surface area contributed by atoms with Gasteiger partial charge in [0.1, 0.15) is 0 Å². The van der Waals surface area contributed by atoms with Crippen molar-refractivity contribution in [1.82, 2.24) is 0 Å². The van der Waals surface area contributed by atoms with E-state index in [9.17, 15) is 0 Å². The normalized spacial score (nSPS) is 10.2. The largest absolute Gasteiger partial charge is 0.433 e. The van der Waals surface area contributed by atoms with Crippen molar-refractivity contribution >= 4 is 18.6 Å². The van der Waals surface area contributed by atoms with Gasteiger partial charge >= 0.3 is 7.48 Å². The van der Waals surface area contributed by atoms with Gasteiger partial charge in [0, 0.05) is 18.8 Å². The second kappa shape index (κ2) is 7.65. The van der Waals surface area contributed by atoms with E-state index in [2.05, 4.69) is 36.5 Å². The van der Waals surface area contributed by atoms with E-state index in [0.29, 0.717) is 14.1 Å². The van der Waals surface area contributed by atoms with Gasteiger partial charge in [0.25, 0.3) is 0 Å². The maximum absolute atomic E-state index is 5.69. The van der Waals surface area contributed by atoms with Crippen molar-refractivity contribution in [2.45, 2.75) is 6.42 Å². The molecule has 1 radical (unpaired) electrons. The summed E-state index contributed by atoms with van der Waals surface area (Å²) in [5, 5.41) is 3.32. The first-order valence-corrected chi connectivity index (χ1v) is 6.63. The lowest BCUT2D eigenvalue weighted by atomic mass is 9.83. The molecule has 0 amide bonds. The van der Waals surface area contributed by atoms with Crippen LogP contribution in [-0.2, 0) is 11.1 Å². The van der Waals surface area contributed by atoms with Crippen LogP contribution in [0.2, 0.25) is 0 Å². The summed E-state index contributed by atoms with van der Waals surface area (Å²) >= 11 is 0. The Morgan fingerprint density at radius 1 is 1.00 bits per heavy atom. The quantitative estimate of drug-likeness (QED) is 0.602. The van der Waals surface area contributed by atoms with Crippen LogP contribution in [-0.4, -0.2) is 20.6 Å². The third kappa shape index (κ3) is 4.45. The molecule has 19 heavy (non-hydrogen) atoms. The summed E-state index contributed by atoms with van der Waals surface area (Å²) in [6, 6.07) is 18.5. The topological polar surface area (TPSA) is 21.3 Å². The van der Waals surface area contributed by atoms with Gasteiger partial charge < -0.3 is 9.97 Å². The van der Waals surface area contributed by atoms with Crippen molar-refractivity contribution in [2.24, 2.45) is 0 Å². The molecule has 97 valence electrons. The fourth-order valence-corrected chi connectivity index (χ4v) is 1.95. The molecule has 0 unspecified atom stereocenters. The fourth-order valence-electron chi connectivity index (χ4n) is 1.95. The molecular weight excluding hydrogens is 233 g/mol. The standard InChI is InChI=1S/C16H19BNO/c1-2-14-8-6-7-11-16(14)17-19-13-12-18-15-9-4-3-5-10-15/h3-11,17-18H,1-2,12-13H2. The van der Waals surface area contributed by atoms with Crippen molar-refractivity contribution in [1.29, 1.82) is 0 Å². The number of rotatable bonds is 7. The summed E-state index contributed by atoms with van der Waals surface area (Å²) in [6.45, 7) is 5.44. The molecule has 1 N–H and O–H groups in total. The molecule has 0 aliphatic rings. The second-order valence-corrected chi connectivity index (χ2v) is 4.36. The number of benzene rings is 2. The third-order valence-corrected chi connectivity index (χ3v) is 2.99. The zero-order valence-electron chi connectivity index (χ0n) is 11.1. The van der Waals surface area contributed by atoms with Gasteiger partial charge in [-0.05, 0) is 30.9 Å². The fraction of sp³-hybridized carbons (Fsp3) is 0.188. The lowest BCUT2D eigenvalue weighted by molar-refractivity contribution is 0.358. The molecule has 0 heterocycles. The molecule has 0 spiro atoms. The SMILES string of the molecule is [CH2]Cc1ccccc1BOCCNc1ccccc1. The van der Waals surface area contributed by atoms with E-state index in [0.717, 1.165) is 18.7 Å². The van der Waals surface area contributed by atoms with Crippen LogP contribution in [0.1, 0.15) is 5.56 Å². The Hall–Kier alpha value is -1.74. The zero-order chi connectivity index (χ0) is 13.3. The van der Waals surface area contributed by atoms with E-state index < -0.39 is 0 Å². The first-order valence-electron chi connectivity index (χ1n) is 6.63. The molecule has 0 saturated carbocycles. The smallest absolute Gasteiger partial charge is 0.308 e. The van der Waals surface area contributed by atoms with Gasteiger partial charge in [-0.1, -0.05) is 48.0 Å². The van der Waals surface area contributed by atoms with E-state index in [-0.39, 0.29) is 0 Å². The molecule has 0 aliphatic heterocycles. The molecule has 2 aromatic rings. The highest BCUT2D eigenvalue weighted by atomic mass is 16.4. The molecule has 2 nitrogen and oxygen atoms in total. The number of nitrogens with one attached hydrogen (secondary N) is 1. The lowest BCUT2D eigenvalue weighted by Gasteiger charge is -2.09. The first-order chi connectivity index (χ1) is 9.40. The van der Waals surface area contributed by atoms with Crippen LogP contribution >= 0.6 is 0 Å². The molecule has 3 heteroatoms. The van der Waals surface area contributed by atoms with Crippen LogP contribution in [0.25, 0.3) is 0 Å². The van der Waals surface area contributed by atoms with Crippen LogP contribution in [0, 0.1) is 6.92 Å². The van der Waals surface area contributed by atoms with Crippen molar-refractivity contribution in [3.05, 3.63) is 67.1 Å². The summed E-state index contributed by atoms with van der Waals surface area (Å²) in [6.07, 6.45) is 0.807. The summed E-state index contributed by atoms with van der Waals surface area (Å²) in [5.74, 6) is 0. The van der Waals surface area contributed by atoms with E-state index >= 15 is 0 Å². The van der Waals surface area contributed by atoms with Crippen LogP contribution in [0.4, 0.5) is 5.69 Å². The maximum Gasteiger partial charge on any atom is 0.308 e. The Bertz CT molecular complexity index is 487. The van der Waals surface area contributed by atoms with E-state index in [1.165, 1.54) is 11.0 Å². The Labute approximate surface area is 116 Å². The first kappa shape index (κ1) is 13.7. The molecule has 0 aromatic heterocycles. The van der Waals surface area contributed by atoms with Gasteiger partial charge in [0.05, 0.1) is 0 Å².